The van der Waals surface area contributed by atoms with Crippen LogP contribution in [0.4, 0.5) is 0 Å². The molecule has 2 aromatic rings. The second-order valence-corrected chi connectivity index (χ2v) is 4.06. The normalized spacial score (nSPS) is 9.88. The van der Waals surface area contributed by atoms with Gasteiger partial charge in [-0.3, -0.25) is 4.79 Å². The maximum absolute atomic E-state index is 10.7. The van der Waals surface area contributed by atoms with Crippen molar-refractivity contribution in [3.63, 3.8) is 0 Å². The third-order valence-electron chi connectivity index (χ3n) is 2.47. The molecular weight excluding hydrogens is 265 g/mol. The van der Waals surface area contributed by atoms with Crippen molar-refractivity contribution in [3.05, 3.63) is 16.7 Å². The first kappa shape index (κ1) is 13.7. The molecule has 0 saturated heterocycles. The van der Waals surface area contributed by atoms with Crippen LogP contribution in [-0.4, -0.2) is 32.1 Å². The lowest BCUT2D eigenvalue weighted by Crippen LogP contribution is -1.93. The average molecular weight is 276 g/mol. The zero-order valence-corrected chi connectivity index (χ0v) is 10.8. The number of benzene rings is 1. The van der Waals surface area contributed by atoms with E-state index >= 15 is 0 Å². The van der Waals surface area contributed by atoms with Crippen LogP contribution in [0.3, 0.4) is 0 Å². The molecule has 2 N–H and O–H groups in total. The number of alkyl halides is 2. The molecule has 0 saturated carbocycles. The summed E-state index contributed by atoms with van der Waals surface area (Å²) in [5.41, 5.74) is 2.82. The SMILES string of the molecule is Cc1c(C=O)c(O)c2n[nH]nc2c1C.ClCCl. The Morgan fingerprint density at radius 1 is 1.24 bits per heavy atom. The summed E-state index contributed by atoms with van der Waals surface area (Å²) in [6.45, 7) is 3.61. The van der Waals surface area contributed by atoms with Crippen molar-refractivity contribution in [2.45, 2.75) is 13.8 Å². The fraction of sp³-hybridized carbons (Fsp3) is 0.300. The molecule has 5 nitrogen and oxygen atoms in total. The summed E-state index contributed by atoms with van der Waals surface area (Å²) in [4.78, 5) is 10.7. The summed E-state index contributed by atoms with van der Waals surface area (Å²) in [6.07, 6.45) is 0.631. The minimum absolute atomic E-state index is 0.105. The van der Waals surface area contributed by atoms with E-state index < -0.39 is 0 Å². The smallest absolute Gasteiger partial charge is 0.156 e. The highest BCUT2D eigenvalue weighted by Gasteiger charge is 2.16. The fourth-order valence-corrected chi connectivity index (χ4v) is 1.49. The monoisotopic (exact) mass is 275 g/mol. The molecule has 0 aliphatic rings. The highest BCUT2D eigenvalue weighted by atomic mass is 35.5. The van der Waals surface area contributed by atoms with Crippen LogP contribution in [0.1, 0.15) is 21.5 Å². The molecule has 0 aliphatic carbocycles. The minimum Gasteiger partial charge on any atom is -0.505 e. The van der Waals surface area contributed by atoms with Crippen LogP contribution in [-0.2, 0) is 0 Å². The summed E-state index contributed by atoms with van der Waals surface area (Å²) in [7, 11) is 0. The third kappa shape index (κ3) is 2.50. The zero-order chi connectivity index (χ0) is 13.0. The summed E-state index contributed by atoms with van der Waals surface area (Å²) >= 11 is 9.53. The Morgan fingerprint density at radius 2 is 1.76 bits per heavy atom. The molecule has 0 unspecified atom stereocenters. The van der Waals surface area contributed by atoms with Crippen molar-refractivity contribution >= 4 is 40.5 Å². The molecule has 0 fully saturated rings. The third-order valence-corrected chi connectivity index (χ3v) is 2.47. The lowest BCUT2D eigenvalue weighted by atomic mass is 10.0. The molecule has 92 valence electrons. The molecule has 1 aromatic carbocycles. The summed E-state index contributed by atoms with van der Waals surface area (Å²) in [5.74, 6) is -0.105. The number of phenols is 1. The molecule has 0 amide bonds. The second kappa shape index (κ2) is 5.84. The van der Waals surface area contributed by atoms with Gasteiger partial charge in [0.2, 0.25) is 0 Å². The average Bonchev–Trinajstić information content (AvgIpc) is 2.77. The topological polar surface area (TPSA) is 78.9 Å². The Balaban J connectivity index is 0.000000437. The van der Waals surface area contributed by atoms with E-state index in [9.17, 15) is 9.90 Å². The predicted molar refractivity (Wildman–Crippen MR) is 67.0 cm³/mol. The molecule has 7 heteroatoms. The number of rotatable bonds is 1. The van der Waals surface area contributed by atoms with Gasteiger partial charge in [-0.1, -0.05) is 0 Å². The Bertz CT molecular complexity index is 540. The Morgan fingerprint density at radius 3 is 2.29 bits per heavy atom. The van der Waals surface area contributed by atoms with Gasteiger partial charge >= 0.3 is 0 Å². The molecule has 0 spiro atoms. The number of aldehydes is 1. The Kier molecular flexibility index (Phi) is 4.72. The molecular formula is C10H11Cl2N3O2. The number of fused-ring (bicyclic) bond motifs is 1. The standard InChI is InChI=1S/C9H9N3O2.CH2Cl2/c1-4-5(2)7-8(11-12-10-7)9(14)6(4)3-13;2-1-3/h3,14H,1-2H3,(H,10,11,12);1H2. The van der Waals surface area contributed by atoms with Gasteiger partial charge in [0.25, 0.3) is 0 Å². The van der Waals surface area contributed by atoms with Gasteiger partial charge < -0.3 is 5.11 Å². The number of aromatic hydroxyl groups is 1. The number of halogens is 2. The largest absolute Gasteiger partial charge is 0.505 e. The number of aryl methyl sites for hydroxylation is 1. The summed E-state index contributed by atoms with van der Waals surface area (Å²) in [5, 5.41) is 20.0. The summed E-state index contributed by atoms with van der Waals surface area (Å²) in [6, 6.07) is 0. The molecule has 1 heterocycles. The molecule has 0 radical (unpaired) electrons. The van der Waals surface area contributed by atoms with Crippen LogP contribution in [0, 0.1) is 13.8 Å². The van der Waals surface area contributed by atoms with Crippen LogP contribution in [0.2, 0.25) is 0 Å². The summed E-state index contributed by atoms with van der Waals surface area (Å²) < 4.78 is 0. The van der Waals surface area contributed by atoms with E-state index in [1.165, 1.54) is 0 Å². The maximum Gasteiger partial charge on any atom is 0.156 e. The molecule has 1 aromatic heterocycles. The quantitative estimate of drug-likeness (QED) is 0.619. The van der Waals surface area contributed by atoms with Crippen molar-refractivity contribution in [2.24, 2.45) is 0 Å². The van der Waals surface area contributed by atoms with Crippen LogP contribution >= 0.6 is 23.2 Å². The van der Waals surface area contributed by atoms with E-state index in [0.717, 1.165) is 11.1 Å². The van der Waals surface area contributed by atoms with Crippen molar-refractivity contribution in [3.8, 4) is 5.75 Å². The van der Waals surface area contributed by atoms with Crippen molar-refractivity contribution < 1.29 is 9.90 Å². The highest BCUT2D eigenvalue weighted by Crippen LogP contribution is 2.30. The van der Waals surface area contributed by atoms with Gasteiger partial charge in [0.05, 0.1) is 10.9 Å². The first-order valence-corrected chi connectivity index (χ1v) is 5.75. The molecule has 0 aliphatic heterocycles. The number of hydrogen-bond acceptors (Lipinski definition) is 4. The first-order chi connectivity index (χ1) is 8.08. The fourth-order valence-electron chi connectivity index (χ4n) is 1.49. The number of aromatic amines is 1. The number of nitrogens with zero attached hydrogens (tertiary/aromatic N) is 2. The van der Waals surface area contributed by atoms with E-state index in [0.29, 0.717) is 17.3 Å². The highest BCUT2D eigenvalue weighted by molar-refractivity contribution is 6.40. The molecule has 2 rings (SSSR count). The van der Waals surface area contributed by atoms with Gasteiger partial charge in [-0.25, -0.2) is 0 Å². The Hall–Kier alpha value is -1.33. The Labute approximate surface area is 108 Å². The van der Waals surface area contributed by atoms with E-state index in [4.69, 9.17) is 23.2 Å². The number of nitrogens with one attached hydrogen (secondary N) is 1. The van der Waals surface area contributed by atoms with Gasteiger partial charge in [-0.2, -0.15) is 15.4 Å². The number of hydrogen-bond donors (Lipinski definition) is 2. The lowest BCUT2D eigenvalue weighted by Gasteiger charge is -2.05. The van der Waals surface area contributed by atoms with Crippen LogP contribution in [0.15, 0.2) is 0 Å². The van der Waals surface area contributed by atoms with Crippen LogP contribution in [0.25, 0.3) is 11.0 Å². The zero-order valence-electron chi connectivity index (χ0n) is 9.29. The van der Waals surface area contributed by atoms with Crippen molar-refractivity contribution in [1.29, 1.82) is 0 Å². The van der Waals surface area contributed by atoms with Crippen molar-refractivity contribution in [2.75, 3.05) is 5.34 Å². The van der Waals surface area contributed by atoms with E-state index in [1.807, 2.05) is 6.92 Å². The number of carbonyl (C=O) groups is 1. The van der Waals surface area contributed by atoms with Gasteiger partial charge in [-0.05, 0) is 25.0 Å². The van der Waals surface area contributed by atoms with Crippen LogP contribution in [0.5, 0.6) is 5.75 Å². The first-order valence-electron chi connectivity index (χ1n) is 4.68. The van der Waals surface area contributed by atoms with Gasteiger partial charge in [0, 0.05) is 0 Å². The number of H-pyrrole nitrogens is 1. The predicted octanol–water partition coefficient (Wildman–Crippen LogP) is 2.51. The lowest BCUT2D eigenvalue weighted by molar-refractivity contribution is 0.112. The van der Waals surface area contributed by atoms with Gasteiger partial charge in [0.1, 0.15) is 5.52 Å². The maximum atomic E-state index is 10.7. The van der Waals surface area contributed by atoms with E-state index in [-0.39, 0.29) is 16.7 Å². The molecule has 17 heavy (non-hydrogen) atoms. The molecule has 0 atom stereocenters. The van der Waals surface area contributed by atoms with E-state index in [2.05, 4.69) is 15.4 Å². The van der Waals surface area contributed by atoms with Gasteiger partial charge in [0.15, 0.2) is 17.6 Å². The molecule has 0 bridgehead atoms. The van der Waals surface area contributed by atoms with Crippen molar-refractivity contribution in [1.82, 2.24) is 15.4 Å². The second-order valence-electron chi connectivity index (χ2n) is 3.25. The number of carbonyl (C=O) groups excluding carboxylic acids is 1. The van der Waals surface area contributed by atoms with E-state index in [1.54, 1.807) is 6.92 Å². The number of aromatic nitrogens is 3. The minimum atomic E-state index is -0.105. The van der Waals surface area contributed by atoms with Crippen LogP contribution < -0.4 is 0 Å². The van der Waals surface area contributed by atoms with Gasteiger partial charge in [-0.15, -0.1) is 23.2 Å². The number of phenolic OH excluding ortho intramolecular Hbond substituents is 1.